The highest BCUT2D eigenvalue weighted by molar-refractivity contribution is 9.11. The van der Waals surface area contributed by atoms with Gasteiger partial charge < -0.3 is 9.47 Å². The summed E-state index contributed by atoms with van der Waals surface area (Å²) in [6.07, 6.45) is 0.757. The van der Waals surface area contributed by atoms with Crippen molar-refractivity contribution in [2.75, 3.05) is 13.2 Å². The number of carbonyl (C=O) groups is 2. The number of benzene rings is 3. The summed E-state index contributed by atoms with van der Waals surface area (Å²) < 4.78 is 13.0. The van der Waals surface area contributed by atoms with Crippen molar-refractivity contribution in [3.8, 4) is 11.5 Å². The van der Waals surface area contributed by atoms with E-state index in [2.05, 4.69) is 48.0 Å². The van der Waals surface area contributed by atoms with Crippen molar-refractivity contribution in [3.05, 3.63) is 92.4 Å². The Balaban J connectivity index is 1.42. The zero-order valence-electron chi connectivity index (χ0n) is 18.8. The number of hydrazine groups is 1. The van der Waals surface area contributed by atoms with Crippen LogP contribution in [0.4, 0.5) is 0 Å². The number of ether oxygens (including phenoxy) is 2. The molecule has 0 atom stereocenters. The molecule has 0 heterocycles. The molecule has 0 radical (unpaired) electrons. The molecule has 0 fully saturated rings. The standard InChI is InChI=1S/C25H23Br2N3O4S/c1-16-12-19(26)14-21(27)23(16)34-15-22(31)29-30-25(35)28-24(32)18-8-5-9-20(13-18)33-11-10-17-6-3-2-4-7-17/h2-9,12-14H,10-11,15H2,1H3,(H,29,31)(H2,28,30,32,35). The average molecular weight is 621 g/mol. The Morgan fingerprint density at radius 2 is 1.71 bits per heavy atom. The van der Waals surface area contributed by atoms with Gasteiger partial charge in [-0.1, -0.05) is 52.3 Å². The summed E-state index contributed by atoms with van der Waals surface area (Å²) in [6.45, 7) is 2.11. The van der Waals surface area contributed by atoms with Crippen LogP contribution in [0.5, 0.6) is 11.5 Å². The van der Waals surface area contributed by atoms with Crippen LogP contribution in [-0.4, -0.2) is 30.1 Å². The predicted molar refractivity (Wildman–Crippen MR) is 145 cm³/mol. The quantitative estimate of drug-likeness (QED) is 0.246. The molecule has 182 valence electrons. The van der Waals surface area contributed by atoms with Gasteiger partial charge in [0.15, 0.2) is 11.7 Å². The maximum atomic E-state index is 12.5. The molecule has 3 rings (SSSR count). The second kappa shape index (κ2) is 13.2. The second-order valence-electron chi connectivity index (χ2n) is 7.39. The summed E-state index contributed by atoms with van der Waals surface area (Å²) >= 11 is 11.9. The average Bonchev–Trinajstić information content (AvgIpc) is 2.83. The number of rotatable bonds is 8. The van der Waals surface area contributed by atoms with Gasteiger partial charge in [-0.15, -0.1) is 0 Å². The fraction of sp³-hybridized carbons (Fsp3) is 0.160. The van der Waals surface area contributed by atoms with Crippen LogP contribution in [0.15, 0.2) is 75.7 Å². The third-order valence-corrected chi connectivity index (χ3v) is 5.93. The summed E-state index contributed by atoms with van der Waals surface area (Å²) in [5.74, 6) is 0.234. The van der Waals surface area contributed by atoms with Gasteiger partial charge in [0.1, 0.15) is 11.5 Å². The molecule has 0 aliphatic heterocycles. The first-order chi connectivity index (χ1) is 16.8. The molecule has 0 aliphatic rings. The van der Waals surface area contributed by atoms with Gasteiger partial charge in [0.25, 0.3) is 11.8 Å². The molecule has 0 aliphatic carbocycles. The second-order valence-corrected chi connectivity index (χ2v) is 9.57. The summed E-state index contributed by atoms with van der Waals surface area (Å²) in [7, 11) is 0. The minimum Gasteiger partial charge on any atom is -0.493 e. The molecule has 0 saturated carbocycles. The van der Waals surface area contributed by atoms with Crippen molar-refractivity contribution in [1.82, 2.24) is 16.2 Å². The number of hydrogen-bond acceptors (Lipinski definition) is 5. The predicted octanol–water partition coefficient (Wildman–Crippen LogP) is 4.86. The van der Waals surface area contributed by atoms with Crippen molar-refractivity contribution in [1.29, 1.82) is 0 Å². The van der Waals surface area contributed by atoms with Crippen LogP contribution in [-0.2, 0) is 11.2 Å². The molecule has 3 aromatic rings. The van der Waals surface area contributed by atoms with Gasteiger partial charge in [0.2, 0.25) is 0 Å². The summed E-state index contributed by atoms with van der Waals surface area (Å²) in [6, 6.07) is 20.5. The first kappa shape index (κ1) is 26.7. The van der Waals surface area contributed by atoms with Crippen LogP contribution in [0.2, 0.25) is 0 Å². The number of thiocarbonyl (C=S) groups is 1. The van der Waals surface area contributed by atoms with Crippen LogP contribution in [0.1, 0.15) is 21.5 Å². The monoisotopic (exact) mass is 619 g/mol. The lowest BCUT2D eigenvalue weighted by Gasteiger charge is -2.13. The van der Waals surface area contributed by atoms with Gasteiger partial charge >= 0.3 is 0 Å². The Kier molecular flexibility index (Phi) is 10.1. The van der Waals surface area contributed by atoms with E-state index < -0.39 is 11.8 Å². The fourth-order valence-corrected chi connectivity index (χ4v) is 4.73. The van der Waals surface area contributed by atoms with Crippen molar-refractivity contribution < 1.29 is 19.1 Å². The van der Waals surface area contributed by atoms with Gasteiger partial charge in [0.05, 0.1) is 11.1 Å². The Bertz CT molecular complexity index is 1190. The fourth-order valence-electron chi connectivity index (χ4n) is 3.04. The highest BCUT2D eigenvalue weighted by Crippen LogP contribution is 2.32. The molecule has 7 nitrogen and oxygen atoms in total. The van der Waals surface area contributed by atoms with E-state index in [-0.39, 0.29) is 11.7 Å². The third-order valence-electron chi connectivity index (χ3n) is 4.68. The number of halogens is 2. The maximum Gasteiger partial charge on any atom is 0.276 e. The lowest BCUT2D eigenvalue weighted by Crippen LogP contribution is -2.49. The number of carbonyl (C=O) groups excluding carboxylic acids is 2. The molecule has 0 aromatic heterocycles. The zero-order valence-corrected chi connectivity index (χ0v) is 22.8. The molecule has 10 heteroatoms. The largest absolute Gasteiger partial charge is 0.493 e. The maximum absolute atomic E-state index is 12.5. The van der Waals surface area contributed by atoms with Crippen molar-refractivity contribution >= 4 is 61.0 Å². The molecular weight excluding hydrogens is 598 g/mol. The Labute approximate surface area is 225 Å². The van der Waals surface area contributed by atoms with Gasteiger partial charge in [0, 0.05) is 16.5 Å². The molecule has 0 saturated heterocycles. The first-order valence-electron chi connectivity index (χ1n) is 10.6. The molecule has 0 bridgehead atoms. The molecule has 0 spiro atoms. The van der Waals surface area contributed by atoms with E-state index >= 15 is 0 Å². The third kappa shape index (κ3) is 8.65. The highest BCUT2D eigenvalue weighted by atomic mass is 79.9. The molecule has 35 heavy (non-hydrogen) atoms. The van der Waals surface area contributed by atoms with E-state index in [1.54, 1.807) is 24.3 Å². The molecular formula is C25H23Br2N3O4S. The minimum atomic E-state index is -0.468. The first-order valence-corrected chi connectivity index (χ1v) is 12.6. The summed E-state index contributed by atoms with van der Waals surface area (Å²) in [5.41, 5.74) is 7.29. The number of aryl methyl sites for hydroxylation is 1. The number of nitrogens with one attached hydrogen (secondary N) is 3. The Morgan fingerprint density at radius 3 is 2.46 bits per heavy atom. The van der Waals surface area contributed by atoms with Gasteiger partial charge in [-0.2, -0.15) is 0 Å². The number of hydrogen-bond donors (Lipinski definition) is 3. The van der Waals surface area contributed by atoms with Crippen LogP contribution < -0.4 is 25.6 Å². The lowest BCUT2D eigenvalue weighted by atomic mass is 10.2. The van der Waals surface area contributed by atoms with E-state index in [1.807, 2.05) is 49.4 Å². The molecule has 3 aromatic carbocycles. The van der Waals surface area contributed by atoms with Crippen molar-refractivity contribution in [3.63, 3.8) is 0 Å². The topological polar surface area (TPSA) is 88.7 Å². The van der Waals surface area contributed by atoms with E-state index in [9.17, 15) is 9.59 Å². The van der Waals surface area contributed by atoms with Crippen molar-refractivity contribution in [2.45, 2.75) is 13.3 Å². The van der Waals surface area contributed by atoms with Crippen LogP contribution in [0.25, 0.3) is 0 Å². The van der Waals surface area contributed by atoms with E-state index in [1.165, 1.54) is 5.56 Å². The van der Waals surface area contributed by atoms with Gasteiger partial charge in [-0.3, -0.25) is 25.8 Å². The van der Waals surface area contributed by atoms with Gasteiger partial charge in [-0.25, -0.2) is 0 Å². The van der Waals surface area contributed by atoms with Crippen LogP contribution >= 0.6 is 44.1 Å². The normalized spacial score (nSPS) is 10.3. The minimum absolute atomic E-state index is 0.0558. The Hall–Kier alpha value is -2.95. The van der Waals surface area contributed by atoms with Crippen molar-refractivity contribution in [2.24, 2.45) is 0 Å². The van der Waals surface area contributed by atoms with E-state index in [0.29, 0.717) is 23.7 Å². The van der Waals surface area contributed by atoms with E-state index in [0.717, 1.165) is 20.9 Å². The van der Waals surface area contributed by atoms with Crippen LogP contribution in [0.3, 0.4) is 0 Å². The smallest absolute Gasteiger partial charge is 0.276 e. The highest BCUT2D eigenvalue weighted by Gasteiger charge is 2.12. The van der Waals surface area contributed by atoms with Gasteiger partial charge in [-0.05, 0) is 76.5 Å². The lowest BCUT2D eigenvalue weighted by molar-refractivity contribution is -0.123. The molecule has 2 amide bonds. The summed E-state index contributed by atoms with van der Waals surface area (Å²) in [4.78, 5) is 24.6. The molecule has 3 N–H and O–H groups in total. The SMILES string of the molecule is Cc1cc(Br)cc(Br)c1OCC(=O)NNC(=S)NC(=O)c1cccc(OCCc2ccccc2)c1. The van der Waals surface area contributed by atoms with E-state index in [4.69, 9.17) is 21.7 Å². The zero-order chi connectivity index (χ0) is 25.2. The van der Waals surface area contributed by atoms with Crippen LogP contribution in [0, 0.1) is 6.92 Å². The Morgan fingerprint density at radius 1 is 0.943 bits per heavy atom. The molecule has 0 unspecified atom stereocenters. The number of amides is 2. The summed E-state index contributed by atoms with van der Waals surface area (Å²) in [5, 5.41) is 2.46.